The lowest BCUT2D eigenvalue weighted by Crippen LogP contribution is -2.35. The van der Waals surface area contributed by atoms with Gasteiger partial charge in [0.2, 0.25) is 0 Å². The van der Waals surface area contributed by atoms with Crippen molar-refractivity contribution in [3.05, 3.63) is 35.7 Å². The van der Waals surface area contributed by atoms with E-state index in [9.17, 15) is 9.90 Å². The molecule has 1 aliphatic carbocycles. The first-order chi connectivity index (χ1) is 11.7. The summed E-state index contributed by atoms with van der Waals surface area (Å²) in [6.07, 6.45) is 3.48. The number of carbonyl (C=O) groups excluding carboxylic acids is 1. The van der Waals surface area contributed by atoms with Crippen LogP contribution < -0.4 is 0 Å². The molecule has 24 heavy (non-hydrogen) atoms. The number of carbonyl (C=O) groups is 1. The zero-order valence-corrected chi connectivity index (χ0v) is 13.2. The van der Waals surface area contributed by atoms with Crippen molar-refractivity contribution in [2.45, 2.75) is 25.8 Å². The van der Waals surface area contributed by atoms with Crippen LogP contribution in [-0.4, -0.2) is 45.2 Å². The van der Waals surface area contributed by atoms with Gasteiger partial charge in [0.05, 0.1) is 29.5 Å². The van der Waals surface area contributed by atoms with Crippen LogP contribution in [0.3, 0.4) is 0 Å². The van der Waals surface area contributed by atoms with Crippen LogP contribution in [0.5, 0.6) is 0 Å². The lowest BCUT2D eigenvalue weighted by atomic mass is 10.1. The Labute approximate surface area is 137 Å². The number of aryl methyl sites for hydroxylation is 1. The van der Waals surface area contributed by atoms with Crippen molar-refractivity contribution in [1.82, 2.24) is 15.0 Å². The molecule has 3 heterocycles. The van der Waals surface area contributed by atoms with Crippen molar-refractivity contribution in [2.24, 2.45) is 0 Å². The summed E-state index contributed by atoms with van der Waals surface area (Å²) in [4.78, 5) is 19.2. The first-order valence-corrected chi connectivity index (χ1v) is 7.91. The summed E-state index contributed by atoms with van der Waals surface area (Å²) in [5.74, 6) is 0.415. The molecule has 0 radical (unpaired) electrons. The molecule has 1 saturated carbocycles. The lowest BCUT2D eigenvalue weighted by molar-refractivity contribution is 0.0709. The highest BCUT2D eigenvalue weighted by Crippen LogP contribution is 2.32. The largest absolute Gasteiger partial charge is 0.463 e. The minimum atomic E-state index is -0.141. The van der Waals surface area contributed by atoms with Gasteiger partial charge >= 0.3 is 0 Å². The van der Waals surface area contributed by atoms with Gasteiger partial charge in [0.15, 0.2) is 5.76 Å². The molecule has 7 heteroatoms. The fourth-order valence-corrected chi connectivity index (χ4v) is 2.91. The Hall–Kier alpha value is -2.67. The number of fused-ring (bicyclic) bond motifs is 1. The molecule has 0 saturated heterocycles. The summed E-state index contributed by atoms with van der Waals surface area (Å²) in [7, 11) is 0. The molecular formula is C17H17N3O4. The summed E-state index contributed by atoms with van der Waals surface area (Å²) < 4.78 is 10.7. The van der Waals surface area contributed by atoms with Crippen molar-refractivity contribution in [3.63, 3.8) is 0 Å². The van der Waals surface area contributed by atoms with E-state index in [0.717, 1.165) is 12.8 Å². The molecule has 3 aromatic heterocycles. The summed E-state index contributed by atoms with van der Waals surface area (Å²) in [5.41, 5.74) is 1.92. The van der Waals surface area contributed by atoms with Crippen LogP contribution in [0.1, 0.15) is 28.9 Å². The van der Waals surface area contributed by atoms with Crippen LogP contribution in [0.25, 0.3) is 22.6 Å². The molecule has 0 spiro atoms. The number of nitrogens with zero attached hydrogens (tertiary/aromatic N) is 3. The predicted octanol–water partition coefficient (Wildman–Crippen LogP) is 2.39. The van der Waals surface area contributed by atoms with Gasteiger partial charge in [0, 0.05) is 12.6 Å². The third-order valence-corrected chi connectivity index (χ3v) is 4.21. The van der Waals surface area contributed by atoms with E-state index in [1.165, 1.54) is 0 Å². The quantitative estimate of drug-likeness (QED) is 0.773. The number of aliphatic hydroxyl groups is 1. The van der Waals surface area contributed by atoms with Crippen LogP contribution >= 0.6 is 0 Å². The molecule has 7 nitrogen and oxygen atoms in total. The fourth-order valence-electron chi connectivity index (χ4n) is 2.91. The number of hydrogen-bond acceptors (Lipinski definition) is 6. The summed E-state index contributed by atoms with van der Waals surface area (Å²) in [6, 6.07) is 5.44. The Kier molecular flexibility index (Phi) is 3.57. The minimum absolute atomic E-state index is 0.0654. The maximum Gasteiger partial charge on any atom is 0.259 e. The van der Waals surface area contributed by atoms with Crippen LogP contribution in [-0.2, 0) is 0 Å². The SMILES string of the molecule is Cc1noc2nc(-c3ccco3)cc(C(=O)N(CCO)C3CC3)c12. The van der Waals surface area contributed by atoms with Gasteiger partial charge in [0.25, 0.3) is 11.6 Å². The molecule has 0 aromatic carbocycles. The maximum absolute atomic E-state index is 13.1. The Morgan fingerprint density at radius 1 is 1.46 bits per heavy atom. The van der Waals surface area contributed by atoms with Gasteiger partial charge in [-0.25, -0.2) is 4.98 Å². The standard InChI is InChI=1S/C17H17N3O4/c1-10-15-12(17(22)20(6-7-21)11-4-5-11)9-13(14-3-2-8-23-14)18-16(15)24-19-10/h2-3,8-9,11,21H,4-7H2,1H3. The van der Waals surface area contributed by atoms with Gasteiger partial charge < -0.3 is 18.9 Å². The van der Waals surface area contributed by atoms with Gasteiger partial charge in [-0.3, -0.25) is 4.79 Å². The molecule has 124 valence electrons. The zero-order valence-electron chi connectivity index (χ0n) is 13.2. The van der Waals surface area contributed by atoms with E-state index in [1.54, 1.807) is 36.3 Å². The van der Waals surface area contributed by atoms with E-state index >= 15 is 0 Å². The van der Waals surface area contributed by atoms with Gasteiger partial charge in [-0.05, 0) is 38.0 Å². The molecule has 1 aliphatic rings. The van der Waals surface area contributed by atoms with E-state index in [-0.39, 0.29) is 18.6 Å². The zero-order chi connectivity index (χ0) is 16.7. The average molecular weight is 327 g/mol. The second-order valence-corrected chi connectivity index (χ2v) is 5.93. The number of aliphatic hydroxyl groups excluding tert-OH is 1. The van der Waals surface area contributed by atoms with Crippen LogP contribution in [0.15, 0.2) is 33.4 Å². The van der Waals surface area contributed by atoms with Gasteiger partial charge in [0.1, 0.15) is 5.69 Å². The normalized spacial score (nSPS) is 14.2. The molecule has 0 bridgehead atoms. The highest BCUT2D eigenvalue weighted by Gasteiger charge is 2.34. The van der Waals surface area contributed by atoms with Gasteiger partial charge in [-0.1, -0.05) is 5.16 Å². The number of amides is 1. The molecule has 3 aromatic rings. The van der Waals surface area contributed by atoms with Crippen LogP contribution in [0.4, 0.5) is 0 Å². The predicted molar refractivity (Wildman–Crippen MR) is 85.4 cm³/mol. The topological polar surface area (TPSA) is 92.6 Å². The second kappa shape index (κ2) is 5.76. The Morgan fingerprint density at radius 3 is 2.96 bits per heavy atom. The van der Waals surface area contributed by atoms with Crippen LogP contribution in [0, 0.1) is 6.92 Å². The molecule has 0 atom stereocenters. The molecular weight excluding hydrogens is 310 g/mol. The molecule has 0 aliphatic heterocycles. The Bertz CT molecular complexity index is 881. The van der Waals surface area contributed by atoms with Crippen molar-refractivity contribution in [2.75, 3.05) is 13.2 Å². The molecule has 4 rings (SSSR count). The molecule has 1 amide bonds. The smallest absolute Gasteiger partial charge is 0.259 e. The summed E-state index contributed by atoms with van der Waals surface area (Å²) in [6.45, 7) is 2.03. The fraction of sp³-hybridized carbons (Fsp3) is 0.353. The molecule has 1 fully saturated rings. The Morgan fingerprint density at radius 2 is 2.29 bits per heavy atom. The van der Waals surface area contributed by atoms with E-state index < -0.39 is 0 Å². The minimum Gasteiger partial charge on any atom is -0.463 e. The van der Waals surface area contributed by atoms with E-state index in [0.29, 0.717) is 40.4 Å². The van der Waals surface area contributed by atoms with E-state index in [1.807, 2.05) is 0 Å². The number of rotatable bonds is 5. The monoisotopic (exact) mass is 327 g/mol. The first-order valence-electron chi connectivity index (χ1n) is 7.91. The maximum atomic E-state index is 13.1. The lowest BCUT2D eigenvalue weighted by Gasteiger charge is -2.21. The van der Waals surface area contributed by atoms with Crippen molar-refractivity contribution >= 4 is 17.0 Å². The van der Waals surface area contributed by atoms with E-state index in [2.05, 4.69) is 10.1 Å². The number of furan rings is 1. The molecule has 1 N–H and O–H groups in total. The second-order valence-electron chi connectivity index (χ2n) is 5.93. The number of hydrogen-bond donors (Lipinski definition) is 1. The Balaban J connectivity index is 1.85. The highest BCUT2D eigenvalue weighted by atomic mass is 16.5. The highest BCUT2D eigenvalue weighted by molar-refractivity contribution is 6.07. The van der Waals surface area contributed by atoms with Gasteiger partial charge in [-0.2, -0.15) is 0 Å². The van der Waals surface area contributed by atoms with Crippen molar-refractivity contribution in [3.8, 4) is 11.5 Å². The van der Waals surface area contributed by atoms with Gasteiger partial charge in [-0.15, -0.1) is 0 Å². The van der Waals surface area contributed by atoms with Crippen molar-refractivity contribution in [1.29, 1.82) is 0 Å². The average Bonchev–Trinajstić information content (AvgIpc) is 3.13. The molecule has 0 unspecified atom stereocenters. The van der Waals surface area contributed by atoms with Crippen molar-refractivity contribution < 1.29 is 18.8 Å². The number of aromatic nitrogens is 2. The summed E-state index contributed by atoms with van der Waals surface area (Å²) in [5, 5.41) is 13.8. The number of pyridine rings is 1. The van der Waals surface area contributed by atoms with E-state index in [4.69, 9.17) is 8.94 Å². The third kappa shape index (κ3) is 2.46. The summed E-state index contributed by atoms with van der Waals surface area (Å²) >= 11 is 0. The third-order valence-electron chi connectivity index (χ3n) is 4.21. The first kappa shape index (κ1) is 14.9. The van der Waals surface area contributed by atoms with Crippen LogP contribution in [0.2, 0.25) is 0 Å².